The van der Waals surface area contributed by atoms with E-state index in [-0.39, 0.29) is 5.82 Å². The maximum atomic E-state index is 11.4. The lowest BCUT2D eigenvalue weighted by Gasteiger charge is -2.06. The van der Waals surface area contributed by atoms with Gasteiger partial charge >= 0.3 is 5.97 Å². The Morgan fingerprint density at radius 2 is 2.26 bits per heavy atom. The largest absolute Gasteiger partial charge is 0.463 e. The van der Waals surface area contributed by atoms with Crippen LogP contribution in [-0.2, 0) is 11.3 Å². The lowest BCUT2D eigenvalue weighted by molar-refractivity contribution is 0.0586. The Labute approximate surface area is 123 Å². The molecule has 0 bridgehead atoms. The van der Waals surface area contributed by atoms with Crippen LogP contribution in [0.5, 0.6) is 0 Å². The zero-order valence-corrected chi connectivity index (χ0v) is 12.8. The molecule has 7 heteroatoms. The van der Waals surface area contributed by atoms with E-state index in [0.717, 1.165) is 4.47 Å². The van der Waals surface area contributed by atoms with E-state index in [2.05, 4.69) is 36.0 Å². The van der Waals surface area contributed by atoms with E-state index in [1.165, 1.54) is 12.0 Å². The number of carbonyl (C=O) groups is 1. The molecule has 0 unspecified atom stereocenters. The Hall–Kier alpha value is -1.47. The molecular weight excluding hydrogens is 330 g/mol. The first-order valence-electron chi connectivity index (χ1n) is 5.49. The highest BCUT2D eigenvalue weighted by Gasteiger charge is 2.11. The number of aromatic nitrogens is 2. The third-order valence-corrected chi connectivity index (χ3v) is 3.99. The molecule has 0 saturated carbocycles. The highest BCUT2D eigenvalue weighted by Crippen LogP contribution is 2.20. The summed E-state index contributed by atoms with van der Waals surface area (Å²) in [5.41, 5.74) is 0.713. The number of methoxy groups -OCH3 is 1. The molecule has 0 fully saturated rings. The molecule has 0 atom stereocenters. The second-order valence-electron chi connectivity index (χ2n) is 3.79. The van der Waals surface area contributed by atoms with Crippen molar-refractivity contribution in [2.45, 2.75) is 13.5 Å². The Kier molecular flexibility index (Phi) is 4.49. The van der Waals surface area contributed by atoms with E-state index in [4.69, 9.17) is 0 Å². The average molecular weight is 342 g/mol. The SMILES string of the molecule is COC(=O)c1nc(C)cc(NCc2cc(Br)cs2)n1. The van der Waals surface area contributed by atoms with Crippen molar-refractivity contribution in [2.24, 2.45) is 0 Å². The minimum Gasteiger partial charge on any atom is -0.463 e. The van der Waals surface area contributed by atoms with Crippen LogP contribution in [0, 0.1) is 6.92 Å². The van der Waals surface area contributed by atoms with Crippen LogP contribution in [0.25, 0.3) is 0 Å². The lowest BCUT2D eigenvalue weighted by atomic mass is 10.4. The summed E-state index contributed by atoms with van der Waals surface area (Å²) in [6.07, 6.45) is 0. The second-order valence-corrected chi connectivity index (χ2v) is 5.71. The van der Waals surface area contributed by atoms with Crippen molar-refractivity contribution in [1.29, 1.82) is 0 Å². The topological polar surface area (TPSA) is 64.1 Å². The molecule has 100 valence electrons. The maximum absolute atomic E-state index is 11.4. The summed E-state index contributed by atoms with van der Waals surface area (Å²) < 4.78 is 5.68. The third-order valence-electron chi connectivity index (χ3n) is 2.29. The summed E-state index contributed by atoms with van der Waals surface area (Å²) in [6, 6.07) is 3.82. The van der Waals surface area contributed by atoms with Gasteiger partial charge in [-0.25, -0.2) is 14.8 Å². The number of hydrogen-bond acceptors (Lipinski definition) is 6. The predicted octanol–water partition coefficient (Wildman–Crippen LogP) is 3.01. The first kappa shape index (κ1) is 14.0. The summed E-state index contributed by atoms with van der Waals surface area (Å²) in [6.45, 7) is 2.45. The monoisotopic (exact) mass is 341 g/mol. The standard InChI is InChI=1S/C12H12BrN3O2S/c1-7-3-10(16-11(15-7)12(17)18-2)14-5-9-4-8(13)6-19-9/h3-4,6H,5H2,1-2H3,(H,14,15,16). The molecule has 0 spiro atoms. The van der Waals surface area contributed by atoms with E-state index in [9.17, 15) is 4.79 Å². The molecular formula is C12H12BrN3O2S. The van der Waals surface area contributed by atoms with Gasteiger partial charge in [0, 0.05) is 26.5 Å². The summed E-state index contributed by atoms with van der Waals surface area (Å²) >= 11 is 5.05. The first-order valence-corrected chi connectivity index (χ1v) is 7.16. The predicted molar refractivity (Wildman–Crippen MR) is 77.5 cm³/mol. The number of esters is 1. The Balaban J connectivity index is 2.11. The first-order chi connectivity index (χ1) is 9.08. The molecule has 0 aliphatic rings. The lowest BCUT2D eigenvalue weighted by Crippen LogP contribution is -2.11. The molecule has 2 aromatic rings. The van der Waals surface area contributed by atoms with Gasteiger partial charge < -0.3 is 10.1 Å². The van der Waals surface area contributed by atoms with Crippen LogP contribution in [0.3, 0.4) is 0 Å². The molecule has 0 saturated heterocycles. The molecule has 5 nitrogen and oxygen atoms in total. The second kappa shape index (κ2) is 6.12. The summed E-state index contributed by atoms with van der Waals surface area (Å²) in [4.78, 5) is 20.7. The third kappa shape index (κ3) is 3.74. The van der Waals surface area contributed by atoms with Crippen molar-refractivity contribution in [2.75, 3.05) is 12.4 Å². The quantitative estimate of drug-likeness (QED) is 0.866. The number of thiophene rings is 1. The summed E-state index contributed by atoms with van der Waals surface area (Å²) in [7, 11) is 1.31. The van der Waals surface area contributed by atoms with E-state index in [1.54, 1.807) is 24.3 Å². The Morgan fingerprint density at radius 1 is 1.47 bits per heavy atom. The van der Waals surface area contributed by atoms with Crippen LogP contribution < -0.4 is 5.32 Å². The van der Waals surface area contributed by atoms with E-state index < -0.39 is 5.97 Å². The van der Waals surface area contributed by atoms with Gasteiger partial charge in [0.05, 0.1) is 13.7 Å². The van der Waals surface area contributed by atoms with Crippen LogP contribution in [0.2, 0.25) is 0 Å². The number of carbonyl (C=O) groups excluding carboxylic acids is 1. The molecule has 2 rings (SSSR count). The molecule has 2 heterocycles. The van der Waals surface area contributed by atoms with Crippen LogP contribution in [0.15, 0.2) is 22.0 Å². The molecule has 1 N–H and O–H groups in total. The number of hydrogen-bond donors (Lipinski definition) is 1. The minimum atomic E-state index is -0.536. The summed E-state index contributed by atoms with van der Waals surface area (Å²) in [5, 5.41) is 5.18. The van der Waals surface area contributed by atoms with Crippen LogP contribution >= 0.6 is 27.3 Å². The number of ether oxygens (including phenoxy) is 1. The van der Waals surface area contributed by atoms with Gasteiger partial charge in [-0.3, -0.25) is 0 Å². The van der Waals surface area contributed by atoms with Crippen molar-refractivity contribution < 1.29 is 9.53 Å². The number of anilines is 1. The van der Waals surface area contributed by atoms with Gasteiger partial charge in [0.25, 0.3) is 0 Å². The fourth-order valence-electron chi connectivity index (χ4n) is 1.47. The van der Waals surface area contributed by atoms with Crippen molar-refractivity contribution in [1.82, 2.24) is 9.97 Å². The van der Waals surface area contributed by atoms with Gasteiger partial charge in [-0.15, -0.1) is 11.3 Å². The molecule has 19 heavy (non-hydrogen) atoms. The van der Waals surface area contributed by atoms with E-state index in [0.29, 0.717) is 18.1 Å². The zero-order chi connectivity index (χ0) is 13.8. The molecule has 0 radical (unpaired) electrons. The molecule has 2 aromatic heterocycles. The van der Waals surface area contributed by atoms with Gasteiger partial charge in [0.15, 0.2) is 0 Å². The molecule has 0 amide bonds. The Morgan fingerprint density at radius 3 is 2.89 bits per heavy atom. The number of rotatable bonds is 4. The smallest absolute Gasteiger partial charge is 0.376 e. The van der Waals surface area contributed by atoms with Gasteiger partial charge in [-0.05, 0) is 28.9 Å². The number of aryl methyl sites for hydroxylation is 1. The van der Waals surface area contributed by atoms with Gasteiger partial charge in [0.1, 0.15) is 5.82 Å². The minimum absolute atomic E-state index is 0.0670. The van der Waals surface area contributed by atoms with Crippen molar-refractivity contribution in [3.05, 3.63) is 38.4 Å². The average Bonchev–Trinajstić information content (AvgIpc) is 2.80. The van der Waals surface area contributed by atoms with Crippen LogP contribution in [0.4, 0.5) is 5.82 Å². The van der Waals surface area contributed by atoms with Crippen molar-refractivity contribution in [3.63, 3.8) is 0 Å². The van der Waals surface area contributed by atoms with E-state index in [1.807, 2.05) is 11.4 Å². The number of nitrogens with one attached hydrogen (secondary N) is 1. The highest BCUT2D eigenvalue weighted by molar-refractivity contribution is 9.10. The summed E-state index contributed by atoms with van der Waals surface area (Å²) in [5.74, 6) is 0.139. The number of halogens is 1. The van der Waals surface area contributed by atoms with Gasteiger partial charge in [-0.1, -0.05) is 0 Å². The van der Waals surface area contributed by atoms with Crippen LogP contribution in [0.1, 0.15) is 21.2 Å². The molecule has 0 aliphatic carbocycles. The Bertz CT molecular complexity index is 600. The zero-order valence-electron chi connectivity index (χ0n) is 10.4. The van der Waals surface area contributed by atoms with Crippen molar-refractivity contribution in [3.8, 4) is 0 Å². The maximum Gasteiger partial charge on any atom is 0.376 e. The fourth-order valence-corrected chi connectivity index (χ4v) is 2.86. The van der Waals surface area contributed by atoms with Gasteiger partial charge in [0.2, 0.25) is 5.82 Å². The normalized spacial score (nSPS) is 10.3. The van der Waals surface area contributed by atoms with Gasteiger partial charge in [-0.2, -0.15) is 0 Å². The molecule has 0 aromatic carbocycles. The highest BCUT2D eigenvalue weighted by atomic mass is 79.9. The van der Waals surface area contributed by atoms with E-state index >= 15 is 0 Å². The fraction of sp³-hybridized carbons (Fsp3) is 0.250. The van der Waals surface area contributed by atoms with Crippen LogP contribution in [-0.4, -0.2) is 23.0 Å². The molecule has 0 aliphatic heterocycles. The van der Waals surface area contributed by atoms with Crippen molar-refractivity contribution >= 4 is 39.1 Å². The number of nitrogens with zero attached hydrogens (tertiary/aromatic N) is 2.